The van der Waals surface area contributed by atoms with E-state index in [1.807, 2.05) is 10.8 Å². The Morgan fingerprint density at radius 2 is 2.04 bits per heavy atom. The highest BCUT2D eigenvalue weighted by molar-refractivity contribution is 5.62. The van der Waals surface area contributed by atoms with E-state index in [1.165, 1.54) is 26.7 Å². The highest BCUT2D eigenvalue weighted by Crippen LogP contribution is 2.34. The molecule has 2 aromatic rings. The van der Waals surface area contributed by atoms with Gasteiger partial charge >= 0.3 is 0 Å². The van der Waals surface area contributed by atoms with E-state index in [-0.39, 0.29) is 11.9 Å². The molecule has 0 amide bonds. The molecule has 5 nitrogen and oxygen atoms in total. The molecular formula is C18H23FN2O3. The number of methoxy groups -OCH3 is 2. The van der Waals surface area contributed by atoms with E-state index in [4.69, 9.17) is 14.2 Å². The first-order valence-corrected chi connectivity index (χ1v) is 8.27. The normalized spacial score (nSPS) is 17.7. The predicted octanol–water partition coefficient (Wildman–Crippen LogP) is 3.67. The fraction of sp³-hybridized carbons (Fsp3) is 0.500. The first-order chi connectivity index (χ1) is 11.7. The third-order valence-corrected chi connectivity index (χ3v) is 4.40. The summed E-state index contributed by atoms with van der Waals surface area (Å²) < 4.78 is 32.6. The molecule has 130 valence electrons. The van der Waals surface area contributed by atoms with Crippen LogP contribution in [0.3, 0.4) is 0 Å². The topological polar surface area (TPSA) is 45.5 Å². The van der Waals surface area contributed by atoms with Gasteiger partial charge in [0.25, 0.3) is 0 Å². The van der Waals surface area contributed by atoms with E-state index in [0.717, 1.165) is 32.4 Å². The lowest BCUT2D eigenvalue weighted by Gasteiger charge is -2.23. The van der Waals surface area contributed by atoms with Gasteiger partial charge in [0.05, 0.1) is 25.9 Å². The van der Waals surface area contributed by atoms with E-state index >= 15 is 0 Å². The second kappa shape index (κ2) is 7.66. The lowest BCUT2D eigenvalue weighted by molar-refractivity contribution is 0.00887. The number of hydrogen-bond donors (Lipinski definition) is 0. The van der Waals surface area contributed by atoms with Gasteiger partial charge in [0.15, 0.2) is 11.5 Å². The average Bonchev–Trinajstić information content (AvgIpc) is 3.08. The molecule has 0 spiro atoms. The number of nitrogens with zero attached hydrogens (tertiary/aromatic N) is 2. The number of aryl methyl sites for hydroxylation is 1. The molecule has 1 fully saturated rings. The zero-order valence-electron chi connectivity index (χ0n) is 14.1. The lowest BCUT2D eigenvalue weighted by atomic mass is 10.1. The van der Waals surface area contributed by atoms with Crippen molar-refractivity contribution in [3.8, 4) is 22.9 Å². The van der Waals surface area contributed by atoms with E-state index in [2.05, 4.69) is 4.98 Å². The summed E-state index contributed by atoms with van der Waals surface area (Å²) in [6, 6.07) is 2.96. The second-order valence-corrected chi connectivity index (χ2v) is 5.91. The smallest absolute Gasteiger partial charge is 0.163 e. The standard InChI is InChI=1S/C18H23FN2O3/c1-22-16-11-14(15(19)12-17(16)23-2)18-20-7-9-21(18)8-6-13-5-3-4-10-24-13/h7,9,11-13H,3-6,8,10H2,1-2H3. The van der Waals surface area contributed by atoms with Crippen molar-refractivity contribution in [2.24, 2.45) is 0 Å². The molecule has 3 rings (SSSR count). The molecule has 1 unspecified atom stereocenters. The minimum atomic E-state index is -0.381. The van der Waals surface area contributed by atoms with Gasteiger partial charge in [-0.15, -0.1) is 0 Å². The SMILES string of the molecule is COc1cc(F)c(-c2nccn2CCC2CCCCO2)cc1OC. The van der Waals surface area contributed by atoms with Gasteiger partial charge in [-0.1, -0.05) is 0 Å². The van der Waals surface area contributed by atoms with Gasteiger partial charge in [-0.2, -0.15) is 0 Å². The molecule has 0 radical (unpaired) electrons. The quantitative estimate of drug-likeness (QED) is 0.809. The highest BCUT2D eigenvalue weighted by atomic mass is 19.1. The molecule has 1 aromatic carbocycles. The summed E-state index contributed by atoms with van der Waals surface area (Å²) in [4.78, 5) is 4.33. The predicted molar refractivity (Wildman–Crippen MR) is 88.9 cm³/mol. The first kappa shape index (κ1) is 16.8. The van der Waals surface area contributed by atoms with Crippen LogP contribution in [0, 0.1) is 5.82 Å². The monoisotopic (exact) mass is 334 g/mol. The highest BCUT2D eigenvalue weighted by Gasteiger charge is 2.18. The Kier molecular flexibility index (Phi) is 5.35. The molecule has 1 saturated heterocycles. The van der Waals surface area contributed by atoms with Crippen LogP contribution >= 0.6 is 0 Å². The number of imidazole rings is 1. The maximum atomic E-state index is 14.5. The van der Waals surface area contributed by atoms with Crippen molar-refractivity contribution in [1.29, 1.82) is 0 Å². The molecule has 0 N–H and O–H groups in total. The Hall–Kier alpha value is -2.08. The number of rotatable bonds is 6. The zero-order chi connectivity index (χ0) is 16.9. The molecule has 2 heterocycles. The Balaban J connectivity index is 1.81. The maximum Gasteiger partial charge on any atom is 0.163 e. The van der Waals surface area contributed by atoms with Crippen molar-refractivity contribution < 1.29 is 18.6 Å². The summed E-state index contributed by atoms with van der Waals surface area (Å²) in [5.74, 6) is 1.06. The van der Waals surface area contributed by atoms with Gasteiger partial charge in [-0.3, -0.25) is 0 Å². The Morgan fingerprint density at radius 3 is 2.75 bits per heavy atom. The van der Waals surface area contributed by atoms with Gasteiger partial charge in [0, 0.05) is 31.6 Å². The fourth-order valence-corrected chi connectivity index (χ4v) is 3.08. The molecule has 0 aliphatic carbocycles. The Morgan fingerprint density at radius 1 is 1.25 bits per heavy atom. The van der Waals surface area contributed by atoms with Crippen molar-refractivity contribution >= 4 is 0 Å². The lowest BCUT2D eigenvalue weighted by Crippen LogP contribution is -2.20. The molecule has 24 heavy (non-hydrogen) atoms. The van der Waals surface area contributed by atoms with Crippen molar-refractivity contribution in [3.63, 3.8) is 0 Å². The van der Waals surface area contributed by atoms with E-state index < -0.39 is 0 Å². The molecule has 0 bridgehead atoms. The number of aromatic nitrogens is 2. The molecular weight excluding hydrogens is 311 g/mol. The van der Waals surface area contributed by atoms with E-state index in [1.54, 1.807) is 12.3 Å². The molecule has 1 aromatic heterocycles. The summed E-state index contributed by atoms with van der Waals surface area (Å²) in [5, 5.41) is 0. The fourth-order valence-electron chi connectivity index (χ4n) is 3.08. The van der Waals surface area contributed by atoms with Crippen LogP contribution in [0.2, 0.25) is 0 Å². The largest absolute Gasteiger partial charge is 0.493 e. The third kappa shape index (κ3) is 3.53. The molecule has 1 aliphatic rings. The summed E-state index contributed by atoms with van der Waals surface area (Å²) in [7, 11) is 3.02. The van der Waals surface area contributed by atoms with Gasteiger partial charge in [-0.05, 0) is 31.7 Å². The third-order valence-electron chi connectivity index (χ3n) is 4.40. The van der Waals surface area contributed by atoms with E-state index in [0.29, 0.717) is 22.9 Å². The number of halogens is 1. The van der Waals surface area contributed by atoms with Crippen LogP contribution in [0.25, 0.3) is 11.4 Å². The number of benzene rings is 1. The van der Waals surface area contributed by atoms with Crippen molar-refractivity contribution in [2.75, 3.05) is 20.8 Å². The van der Waals surface area contributed by atoms with Gasteiger partial charge in [-0.25, -0.2) is 9.37 Å². The molecule has 1 aliphatic heterocycles. The molecule has 6 heteroatoms. The second-order valence-electron chi connectivity index (χ2n) is 5.91. The summed E-state index contributed by atoms with van der Waals surface area (Å²) in [6.07, 6.45) is 8.19. The molecule has 1 atom stereocenters. The van der Waals surface area contributed by atoms with Gasteiger partial charge in [0.1, 0.15) is 11.6 Å². The average molecular weight is 334 g/mol. The van der Waals surface area contributed by atoms with Gasteiger partial charge < -0.3 is 18.8 Å². The zero-order valence-corrected chi connectivity index (χ0v) is 14.1. The summed E-state index contributed by atoms with van der Waals surface area (Å²) in [5.41, 5.74) is 0.405. The first-order valence-electron chi connectivity index (χ1n) is 8.27. The Labute approximate surface area is 141 Å². The van der Waals surface area contributed by atoms with Crippen molar-refractivity contribution in [2.45, 2.75) is 38.3 Å². The van der Waals surface area contributed by atoms with Crippen LogP contribution in [0.5, 0.6) is 11.5 Å². The van der Waals surface area contributed by atoms with Crippen LogP contribution in [-0.4, -0.2) is 36.5 Å². The van der Waals surface area contributed by atoms with Crippen LogP contribution in [-0.2, 0) is 11.3 Å². The minimum absolute atomic E-state index is 0.282. The molecule has 0 saturated carbocycles. The van der Waals surface area contributed by atoms with Gasteiger partial charge in [0.2, 0.25) is 0 Å². The Bertz CT molecular complexity index is 681. The van der Waals surface area contributed by atoms with Crippen LogP contribution in [0.1, 0.15) is 25.7 Å². The number of hydrogen-bond acceptors (Lipinski definition) is 4. The number of ether oxygens (including phenoxy) is 3. The summed E-state index contributed by atoms with van der Waals surface area (Å²) in [6.45, 7) is 1.58. The minimum Gasteiger partial charge on any atom is -0.493 e. The van der Waals surface area contributed by atoms with Crippen molar-refractivity contribution in [1.82, 2.24) is 9.55 Å². The van der Waals surface area contributed by atoms with Crippen LogP contribution in [0.4, 0.5) is 4.39 Å². The van der Waals surface area contributed by atoms with Crippen LogP contribution < -0.4 is 9.47 Å². The summed E-state index contributed by atoms with van der Waals surface area (Å²) >= 11 is 0. The van der Waals surface area contributed by atoms with E-state index in [9.17, 15) is 4.39 Å². The maximum absolute atomic E-state index is 14.5. The van der Waals surface area contributed by atoms with Crippen molar-refractivity contribution in [3.05, 3.63) is 30.3 Å². The van der Waals surface area contributed by atoms with Crippen LogP contribution in [0.15, 0.2) is 24.5 Å².